The zero-order valence-corrected chi connectivity index (χ0v) is 12.9. The summed E-state index contributed by atoms with van der Waals surface area (Å²) in [6.07, 6.45) is 0. The average Bonchev–Trinajstić information content (AvgIpc) is 2.57. The summed E-state index contributed by atoms with van der Waals surface area (Å²) in [7, 11) is 0. The molecule has 100 valence electrons. The van der Waals surface area contributed by atoms with E-state index < -0.39 is 0 Å². The lowest BCUT2D eigenvalue weighted by Gasteiger charge is -2.09. The topological polar surface area (TPSA) is 12.4 Å². The fourth-order valence-corrected chi connectivity index (χ4v) is 3.29. The molecule has 0 amide bonds. The molecule has 20 heavy (non-hydrogen) atoms. The van der Waals surface area contributed by atoms with E-state index in [0.29, 0.717) is 0 Å². The first-order valence-electron chi connectivity index (χ1n) is 6.44. The van der Waals surface area contributed by atoms with Gasteiger partial charge in [0.15, 0.2) is 0 Å². The predicted octanol–water partition coefficient (Wildman–Crippen LogP) is 5.53. The summed E-state index contributed by atoms with van der Waals surface area (Å²) in [6.45, 7) is 4.17. The van der Waals surface area contributed by atoms with Gasteiger partial charge >= 0.3 is 0 Å². The van der Waals surface area contributed by atoms with Crippen LogP contribution in [-0.2, 0) is 0 Å². The van der Waals surface area contributed by atoms with E-state index in [0.717, 1.165) is 27.6 Å². The Labute approximate surface area is 128 Å². The number of hydrogen-bond acceptors (Lipinski definition) is 2. The lowest BCUT2D eigenvalue weighted by atomic mass is 10.0. The van der Waals surface area contributed by atoms with Gasteiger partial charge in [0.1, 0.15) is 0 Å². The van der Waals surface area contributed by atoms with E-state index in [1.54, 1.807) is 11.8 Å². The lowest BCUT2D eigenvalue weighted by Crippen LogP contribution is -2.04. The maximum absolute atomic E-state index is 6.12. The van der Waals surface area contributed by atoms with Crippen LogP contribution in [0.4, 0.5) is 0 Å². The number of fused-ring (bicyclic) bond motifs is 1. The van der Waals surface area contributed by atoms with Crippen LogP contribution in [0.1, 0.15) is 25.0 Å². The Bertz CT molecular complexity index is 731. The fourth-order valence-electron chi connectivity index (χ4n) is 2.15. The molecule has 0 N–H and O–H groups in total. The molecule has 0 saturated carbocycles. The van der Waals surface area contributed by atoms with Crippen molar-refractivity contribution in [3.05, 3.63) is 75.3 Å². The van der Waals surface area contributed by atoms with Crippen LogP contribution in [0, 0.1) is 0 Å². The van der Waals surface area contributed by atoms with E-state index in [9.17, 15) is 0 Å². The van der Waals surface area contributed by atoms with Gasteiger partial charge in [-0.15, -0.1) is 0 Å². The molecule has 0 spiro atoms. The second-order valence-corrected chi connectivity index (χ2v) is 6.40. The zero-order valence-electron chi connectivity index (χ0n) is 11.4. The van der Waals surface area contributed by atoms with Crippen molar-refractivity contribution in [2.45, 2.75) is 18.7 Å². The Hall–Kier alpha value is -1.51. The van der Waals surface area contributed by atoms with Crippen LogP contribution in [0.25, 0.3) is 0 Å². The normalized spacial score (nSPS) is 14.7. The third-order valence-electron chi connectivity index (χ3n) is 3.29. The number of aliphatic imine (C=N–C) groups is 1. The van der Waals surface area contributed by atoms with E-state index in [1.165, 1.54) is 9.80 Å². The van der Waals surface area contributed by atoms with Crippen LogP contribution in [0.5, 0.6) is 0 Å². The van der Waals surface area contributed by atoms with Gasteiger partial charge in [-0.25, -0.2) is 0 Å². The maximum atomic E-state index is 6.12. The molecule has 0 fully saturated rings. The van der Waals surface area contributed by atoms with Crippen LogP contribution < -0.4 is 0 Å². The van der Waals surface area contributed by atoms with E-state index in [4.69, 9.17) is 16.6 Å². The molecule has 1 aliphatic heterocycles. The van der Waals surface area contributed by atoms with Gasteiger partial charge in [0.05, 0.1) is 5.71 Å². The number of rotatable bonds is 1. The number of benzene rings is 2. The number of thioether (sulfide) groups is 1. The Morgan fingerprint density at radius 1 is 1.00 bits per heavy atom. The monoisotopic (exact) mass is 299 g/mol. The first-order chi connectivity index (χ1) is 9.65. The highest BCUT2D eigenvalue weighted by molar-refractivity contribution is 8.03. The van der Waals surface area contributed by atoms with Crippen molar-refractivity contribution in [2.24, 2.45) is 4.99 Å². The molecule has 2 aromatic carbocycles. The summed E-state index contributed by atoms with van der Waals surface area (Å²) in [5, 5.41) is 0.734. The molecule has 0 unspecified atom stereocenters. The van der Waals surface area contributed by atoms with Crippen molar-refractivity contribution < 1.29 is 0 Å². The average molecular weight is 300 g/mol. The molecule has 2 aromatic rings. The van der Waals surface area contributed by atoms with Gasteiger partial charge in [0.25, 0.3) is 0 Å². The smallest absolute Gasteiger partial charge is 0.0789 e. The van der Waals surface area contributed by atoms with Crippen LogP contribution in [0.15, 0.2) is 69.0 Å². The standard InChI is InChI=1S/C17H14ClNS/c1-11-12(2)20-16-9-4-3-8-15(16)17(19-11)13-6-5-7-14(18)10-13/h3-10H,1-2H3. The van der Waals surface area contributed by atoms with E-state index in [-0.39, 0.29) is 0 Å². The third-order valence-corrected chi connectivity index (χ3v) is 4.70. The Kier molecular flexibility index (Phi) is 3.68. The Morgan fingerprint density at radius 2 is 1.80 bits per heavy atom. The van der Waals surface area contributed by atoms with Crippen molar-refractivity contribution in [3.8, 4) is 0 Å². The molecular formula is C17H14ClNS. The molecule has 3 rings (SSSR count). The molecule has 0 aliphatic carbocycles. The summed E-state index contributed by atoms with van der Waals surface area (Å²) >= 11 is 7.90. The summed E-state index contributed by atoms with van der Waals surface area (Å²) in [5.41, 5.74) is 4.27. The van der Waals surface area contributed by atoms with E-state index in [1.807, 2.05) is 18.2 Å². The van der Waals surface area contributed by atoms with Crippen LogP contribution in [0.3, 0.4) is 0 Å². The Balaban J connectivity index is 2.24. The number of halogens is 1. The molecule has 0 saturated heterocycles. The number of nitrogens with zero attached hydrogens (tertiary/aromatic N) is 1. The second kappa shape index (κ2) is 5.47. The van der Waals surface area contributed by atoms with Gasteiger partial charge < -0.3 is 0 Å². The summed E-state index contributed by atoms with van der Waals surface area (Å²) in [4.78, 5) is 7.29. The molecule has 3 heteroatoms. The van der Waals surface area contributed by atoms with E-state index >= 15 is 0 Å². The van der Waals surface area contributed by atoms with Crippen molar-refractivity contribution >= 4 is 29.1 Å². The van der Waals surface area contributed by atoms with Gasteiger partial charge in [-0.3, -0.25) is 4.99 Å². The van der Waals surface area contributed by atoms with E-state index in [2.05, 4.69) is 44.2 Å². The highest BCUT2D eigenvalue weighted by Gasteiger charge is 2.16. The van der Waals surface area contributed by atoms with Gasteiger partial charge in [-0.05, 0) is 32.0 Å². The van der Waals surface area contributed by atoms with Crippen molar-refractivity contribution in [1.29, 1.82) is 0 Å². The first-order valence-corrected chi connectivity index (χ1v) is 7.64. The second-order valence-electron chi connectivity index (χ2n) is 4.71. The quantitative estimate of drug-likeness (QED) is 0.674. The SMILES string of the molecule is CC1=C(C)Sc2ccccc2C(c2cccc(Cl)c2)=N1. The van der Waals surface area contributed by atoms with Gasteiger partial charge in [-0.2, -0.15) is 0 Å². The molecule has 0 aromatic heterocycles. The summed E-state index contributed by atoms with van der Waals surface area (Å²) in [5.74, 6) is 0. The molecule has 0 bridgehead atoms. The minimum atomic E-state index is 0.734. The predicted molar refractivity (Wildman–Crippen MR) is 87.8 cm³/mol. The van der Waals surface area contributed by atoms with Gasteiger partial charge in [0, 0.05) is 31.6 Å². The van der Waals surface area contributed by atoms with Gasteiger partial charge in [0.2, 0.25) is 0 Å². The highest BCUT2D eigenvalue weighted by atomic mass is 35.5. The molecule has 1 heterocycles. The fraction of sp³-hybridized carbons (Fsp3) is 0.118. The number of hydrogen-bond donors (Lipinski definition) is 0. The molecule has 0 radical (unpaired) electrons. The molecule has 1 nitrogen and oxygen atoms in total. The van der Waals surface area contributed by atoms with Crippen molar-refractivity contribution in [2.75, 3.05) is 0 Å². The minimum Gasteiger partial charge on any atom is -0.252 e. The Morgan fingerprint density at radius 3 is 2.60 bits per heavy atom. The summed E-state index contributed by atoms with van der Waals surface area (Å²) in [6, 6.07) is 16.3. The largest absolute Gasteiger partial charge is 0.252 e. The van der Waals surface area contributed by atoms with Gasteiger partial charge in [-0.1, -0.05) is 53.7 Å². The summed E-state index contributed by atoms with van der Waals surface area (Å²) < 4.78 is 0. The molecule has 1 aliphatic rings. The first kappa shape index (κ1) is 13.5. The van der Waals surface area contributed by atoms with Crippen molar-refractivity contribution in [1.82, 2.24) is 0 Å². The minimum absolute atomic E-state index is 0.734. The van der Waals surface area contributed by atoms with Crippen LogP contribution in [-0.4, -0.2) is 5.71 Å². The van der Waals surface area contributed by atoms with Crippen LogP contribution in [0.2, 0.25) is 5.02 Å². The lowest BCUT2D eigenvalue weighted by molar-refractivity contribution is 1.27. The maximum Gasteiger partial charge on any atom is 0.0789 e. The zero-order chi connectivity index (χ0) is 14.1. The number of allylic oxidation sites excluding steroid dienone is 2. The molecular weight excluding hydrogens is 286 g/mol. The third kappa shape index (κ3) is 2.54. The van der Waals surface area contributed by atoms with Crippen molar-refractivity contribution in [3.63, 3.8) is 0 Å². The molecule has 0 atom stereocenters. The highest BCUT2D eigenvalue weighted by Crippen LogP contribution is 2.36. The van der Waals surface area contributed by atoms with Crippen LogP contribution >= 0.6 is 23.4 Å².